The minimum Gasteiger partial charge on any atom is -0.372 e. The second-order valence-corrected chi connectivity index (χ2v) is 7.76. The number of benzene rings is 1. The van der Waals surface area contributed by atoms with Crippen LogP contribution in [0.3, 0.4) is 0 Å². The molecule has 3 rings (SSSR count). The molecule has 1 saturated carbocycles. The highest BCUT2D eigenvalue weighted by molar-refractivity contribution is 7.07. The summed E-state index contributed by atoms with van der Waals surface area (Å²) < 4.78 is 0. The summed E-state index contributed by atoms with van der Waals surface area (Å²) in [5.74, 6) is 0.120. The molecular weight excluding hydrogens is 328 g/mol. The Morgan fingerprint density at radius 2 is 1.88 bits per heavy atom. The fourth-order valence-electron chi connectivity index (χ4n) is 3.51. The summed E-state index contributed by atoms with van der Waals surface area (Å²) in [6.07, 6.45) is 8.07. The van der Waals surface area contributed by atoms with Crippen molar-refractivity contribution in [2.45, 2.75) is 57.5 Å². The standard InChI is InChI=1S/C21H28N2OS/c1-23(19-5-3-2-4-6-19)20-10-7-17(8-11-20)15-22-21(24)12-9-18-13-14-25-16-18/h7-8,10-11,13-14,16,19H,2-6,9,12,15H2,1H3,(H,22,24). The lowest BCUT2D eigenvalue weighted by molar-refractivity contribution is -0.121. The predicted octanol–water partition coefficient (Wildman–Crippen LogP) is 4.77. The van der Waals surface area contributed by atoms with Crippen LogP contribution in [-0.2, 0) is 17.8 Å². The van der Waals surface area contributed by atoms with Crippen molar-refractivity contribution in [2.24, 2.45) is 0 Å². The lowest BCUT2D eigenvalue weighted by Gasteiger charge is -2.33. The quantitative estimate of drug-likeness (QED) is 0.775. The molecule has 0 spiro atoms. The van der Waals surface area contributed by atoms with Crippen molar-refractivity contribution in [2.75, 3.05) is 11.9 Å². The summed E-state index contributed by atoms with van der Waals surface area (Å²) in [4.78, 5) is 14.4. The Morgan fingerprint density at radius 1 is 1.12 bits per heavy atom. The van der Waals surface area contributed by atoms with Crippen LogP contribution in [0.2, 0.25) is 0 Å². The molecule has 1 heterocycles. The van der Waals surface area contributed by atoms with Crippen molar-refractivity contribution in [1.82, 2.24) is 5.32 Å². The summed E-state index contributed by atoms with van der Waals surface area (Å²) in [5, 5.41) is 7.18. The van der Waals surface area contributed by atoms with Gasteiger partial charge >= 0.3 is 0 Å². The van der Waals surface area contributed by atoms with Gasteiger partial charge in [0.25, 0.3) is 0 Å². The lowest BCUT2D eigenvalue weighted by atomic mass is 9.94. The molecule has 1 aromatic heterocycles. The average Bonchev–Trinajstić information content (AvgIpc) is 3.19. The number of aryl methyl sites for hydroxylation is 1. The summed E-state index contributed by atoms with van der Waals surface area (Å²) in [6, 6.07) is 11.4. The van der Waals surface area contributed by atoms with Gasteiger partial charge in [0.2, 0.25) is 5.91 Å². The molecule has 0 radical (unpaired) electrons. The normalized spacial score (nSPS) is 15.1. The highest BCUT2D eigenvalue weighted by atomic mass is 32.1. The van der Waals surface area contributed by atoms with Crippen molar-refractivity contribution in [1.29, 1.82) is 0 Å². The summed E-state index contributed by atoms with van der Waals surface area (Å²) in [6.45, 7) is 0.607. The Morgan fingerprint density at radius 3 is 2.56 bits per heavy atom. The van der Waals surface area contributed by atoms with E-state index in [0.717, 1.165) is 12.0 Å². The van der Waals surface area contributed by atoms with Gasteiger partial charge in [0.15, 0.2) is 0 Å². The summed E-state index contributed by atoms with van der Waals surface area (Å²) >= 11 is 1.68. The van der Waals surface area contributed by atoms with Gasteiger partial charge in [-0.3, -0.25) is 4.79 Å². The van der Waals surface area contributed by atoms with Gasteiger partial charge in [0, 0.05) is 31.7 Å². The van der Waals surface area contributed by atoms with E-state index in [1.807, 2.05) is 0 Å². The van der Waals surface area contributed by atoms with Gasteiger partial charge in [-0.1, -0.05) is 31.4 Å². The molecule has 1 N–H and O–H groups in total. The highest BCUT2D eigenvalue weighted by Gasteiger charge is 2.18. The van der Waals surface area contributed by atoms with E-state index < -0.39 is 0 Å². The van der Waals surface area contributed by atoms with Crippen molar-refractivity contribution in [3.05, 3.63) is 52.2 Å². The highest BCUT2D eigenvalue weighted by Crippen LogP contribution is 2.26. The zero-order valence-corrected chi connectivity index (χ0v) is 15.9. The fourth-order valence-corrected chi connectivity index (χ4v) is 4.21. The monoisotopic (exact) mass is 356 g/mol. The minimum absolute atomic E-state index is 0.120. The molecule has 0 bridgehead atoms. The van der Waals surface area contributed by atoms with Crippen molar-refractivity contribution < 1.29 is 4.79 Å². The van der Waals surface area contributed by atoms with E-state index in [2.05, 4.69) is 58.4 Å². The predicted molar refractivity (Wildman–Crippen MR) is 106 cm³/mol. The van der Waals surface area contributed by atoms with Gasteiger partial charge in [0.1, 0.15) is 0 Å². The number of nitrogens with one attached hydrogen (secondary N) is 1. The van der Waals surface area contributed by atoms with Crippen LogP contribution in [0.4, 0.5) is 5.69 Å². The van der Waals surface area contributed by atoms with E-state index >= 15 is 0 Å². The SMILES string of the molecule is CN(c1ccc(CNC(=O)CCc2ccsc2)cc1)C1CCCCC1. The Balaban J connectivity index is 1.44. The van der Waals surface area contributed by atoms with Crippen LogP contribution in [-0.4, -0.2) is 19.0 Å². The summed E-state index contributed by atoms with van der Waals surface area (Å²) in [7, 11) is 2.21. The minimum atomic E-state index is 0.120. The van der Waals surface area contributed by atoms with E-state index in [-0.39, 0.29) is 5.91 Å². The Hall–Kier alpha value is -1.81. The maximum absolute atomic E-state index is 12.0. The molecule has 0 atom stereocenters. The molecule has 3 nitrogen and oxygen atoms in total. The van der Waals surface area contributed by atoms with Gasteiger partial charge in [-0.25, -0.2) is 0 Å². The van der Waals surface area contributed by atoms with Gasteiger partial charge in [-0.2, -0.15) is 11.3 Å². The number of hydrogen-bond acceptors (Lipinski definition) is 3. The Kier molecular flexibility index (Phi) is 6.51. The largest absolute Gasteiger partial charge is 0.372 e. The van der Waals surface area contributed by atoms with Crippen LogP contribution in [0.25, 0.3) is 0 Å². The number of nitrogens with zero attached hydrogens (tertiary/aromatic N) is 1. The first-order chi connectivity index (χ1) is 12.2. The number of carbonyl (C=O) groups excluding carboxylic acids is 1. The molecule has 0 aliphatic heterocycles. The second-order valence-electron chi connectivity index (χ2n) is 6.98. The van der Waals surface area contributed by atoms with Crippen molar-refractivity contribution >= 4 is 22.9 Å². The molecule has 25 heavy (non-hydrogen) atoms. The van der Waals surface area contributed by atoms with Crippen LogP contribution in [0, 0.1) is 0 Å². The first-order valence-corrected chi connectivity index (χ1v) is 10.3. The van der Waals surface area contributed by atoms with Gasteiger partial charge in [-0.15, -0.1) is 0 Å². The maximum Gasteiger partial charge on any atom is 0.220 e. The number of thiophene rings is 1. The Labute approximate surface area is 155 Å². The van der Waals surface area contributed by atoms with Crippen LogP contribution in [0.1, 0.15) is 49.7 Å². The second kappa shape index (κ2) is 9.04. The van der Waals surface area contributed by atoms with Crippen LogP contribution in [0.5, 0.6) is 0 Å². The van der Waals surface area contributed by atoms with Gasteiger partial charge in [0.05, 0.1) is 0 Å². The Bertz CT molecular complexity index is 645. The van der Waals surface area contributed by atoms with Crippen LogP contribution >= 0.6 is 11.3 Å². The number of anilines is 1. The zero-order chi connectivity index (χ0) is 17.5. The first kappa shape index (κ1) is 18.0. The van der Waals surface area contributed by atoms with Crippen molar-refractivity contribution in [3.8, 4) is 0 Å². The molecule has 1 amide bonds. The number of carbonyl (C=O) groups is 1. The third-order valence-corrected chi connectivity index (χ3v) is 5.91. The fraction of sp³-hybridized carbons (Fsp3) is 0.476. The summed E-state index contributed by atoms with van der Waals surface area (Å²) in [5.41, 5.74) is 3.68. The van der Waals surface area contributed by atoms with E-state index in [0.29, 0.717) is 19.0 Å². The average molecular weight is 357 g/mol. The van der Waals surface area contributed by atoms with Gasteiger partial charge < -0.3 is 10.2 Å². The maximum atomic E-state index is 12.0. The first-order valence-electron chi connectivity index (χ1n) is 9.32. The van der Waals surface area contributed by atoms with Crippen LogP contribution in [0.15, 0.2) is 41.1 Å². The molecule has 1 aliphatic carbocycles. The number of amides is 1. The lowest BCUT2D eigenvalue weighted by Crippen LogP contribution is -2.33. The number of rotatable bonds is 7. The van der Waals surface area contributed by atoms with E-state index in [1.165, 1.54) is 43.4 Å². The molecule has 0 unspecified atom stereocenters. The molecule has 1 fully saturated rings. The van der Waals surface area contributed by atoms with E-state index in [1.54, 1.807) is 11.3 Å². The number of hydrogen-bond donors (Lipinski definition) is 1. The van der Waals surface area contributed by atoms with Crippen LogP contribution < -0.4 is 10.2 Å². The van der Waals surface area contributed by atoms with Gasteiger partial charge in [-0.05, 0) is 59.3 Å². The topological polar surface area (TPSA) is 32.3 Å². The molecule has 1 aromatic carbocycles. The van der Waals surface area contributed by atoms with E-state index in [9.17, 15) is 4.79 Å². The molecule has 1 aliphatic rings. The van der Waals surface area contributed by atoms with E-state index in [4.69, 9.17) is 0 Å². The third-order valence-electron chi connectivity index (χ3n) is 5.18. The third kappa shape index (κ3) is 5.33. The smallest absolute Gasteiger partial charge is 0.220 e. The molecule has 2 aromatic rings. The van der Waals surface area contributed by atoms with Crippen molar-refractivity contribution in [3.63, 3.8) is 0 Å². The molecular formula is C21H28N2OS. The molecule has 0 saturated heterocycles. The zero-order valence-electron chi connectivity index (χ0n) is 15.0. The molecule has 4 heteroatoms. The molecule has 134 valence electrons.